The Labute approximate surface area is 84.7 Å². The third-order valence-electron chi connectivity index (χ3n) is 3.05. The van der Waals surface area contributed by atoms with Crippen LogP contribution < -0.4 is 5.73 Å². The fraction of sp³-hybridized carbons (Fsp3) is 0.700. The number of likely N-dealkylation sites (tertiary alicyclic amines) is 1. The third kappa shape index (κ3) is 1.67. The topological polar surface area (TPSA) is 47.1 Å². The quantitative estimate of drug-likeness (QED) is 0.693. The first kappa shape index (κ1) is 9.68. The van der Waals surface area contributed by atoms with Gasteiger partial charge in [-0.3, -0.25) is 0 Å². The van der Waals surface area contributed by atoms with Gasteiger partial charge >= 0.3 is 0 Å². The van der Waals surface area contributed by atoms with Crippen LogP contribution in [0, 0.1) is 0 Å². The van der Waals surface area contributed by atoms with Gasteiger partial charge in [-0.2, -0.15) is 0 Å². The Morgan fingerprint density at radius 2 is 2.29 bits per heavy atom. The summed E-state index contributed by atoms with van der Waals surface area (Å²) in [5.41, 5.74) is 6.13. The largest absolute Gasteiger partial charge is 0.338 e. The van der Waals surface area contributed by atoms with Crippen LogP contribution in [0.15, 0.2) is 12.4 Å². The van der Waals surface area contributed by atoms with Crippen molar-refractivity contribution in [3.63, 3.8) is 0 Å². The lowest BCUT2D eigenvalue weighted by Crippen LogP contribution is -2.46. The highest BCUT2D eigenvalue weighted by atomic mass is 15.1. The van der Waals surface area contributed by atoms with Gasteiger partial charge in [-0.15, -0.1) is 0 Å². The molecule has 2 unspecified atom stereocenters. The predicted molar refractivity (Wildman–Crippen MR) is 56.0 cm³/mol. The van der Waals surface area contributed by atoms with Gasteiger partial charge in [-0.25, -0.2) is 4.98 Å². The Bertz CT molecular complexity index is 307. The first-order chi connectivity index (χ1) is 6.68. The highest BCUT2D eigenvalue weighted by Gasteiger charge is 2.28. The minimum atomic E-state index is 0.217. The smallest absolute Gasteiger partial charge is 0.113 e. The van der Waals surface area contributed by atoms with E-state index in [2.05, 4.69) is 21.5 Å². The van der Waals surface area contributed by atoms with Gasteiger partial charge in [-0.1, -0.05) is 0 Å². The zero-order valence-electron chi connectivity index (χ0n) is 8.85. The number of aryl methyl sites for hydroxylation is 1. The lowest BCUT2D eigenvalue weighted by atomic mass is 9.92. The normalized spacial score (nSPS) is 29.4. The van der Waals surface area contributed by atoms with Gasteiger partial charge in [0.1, 0.15) is 5.82 Å². The standard InChI is InChI=1S/C10H18N4/c1-13-5-3-8(9(11)7-13)10-12-4-6-14(10)2/h4,6,8-9H,3,5,7,11H2,1-2H3. The maximum Gasteiger partial charge on any atom is 0.113 e. The van der Waals surface area contributed by atoms with Crippen molar-refractivity contribution in [2.75, 3.05) is 20.1 Å². The Kier molecular flexibility index (Phi) is 2.56. The summed E-state index contributed by atoms with van der Waals surface area (Å²) in [6.45, 7) is 2.09. The maximum absolute atomic E-state index is 6.13. The van der Waals surface area contributed by atoms with E-state index in [1.165, 1.54) is 0 Å². The molecule has 1 aliphatic rings. The second-order valence-electron chi connectivity index (χ2n) is 4.22. The van der Waals surface area contributed by atoms with E-state index in [0.717, 1.165) is 25.3 Å². The van der Waals surface area contributed by atoms with Gasteiger partial charge in [0.15, 0.2) is 0 Å². The summed E-state index contributed by atoms with van der Waals surface area (Å²) in [5, 5.41) is 0. The monoisotopic (exact) mass is 194 g/mol. The van der Waals surface area contributed by atoms with E-state index in [0.29, 0.717) is 5.92 Å². The number of nitrogens with two attached hydrogens (primary N) is 1. The van der Waals surface area contributed by atoms with E-state index in [-0.39, 0.29) is 6.04 Å². The Balaban J connectivity index is 2.15. The fourth-order valence-electron chi connectivity index (χ4n) is 2.21. The third-order valence-corrected chi connectivity index (χ3v) is 3.05. The molecule has 0 bridgehead atoms. The summed E-state index contributed by atoms with van der Waals surface area (Å²) < 4.78 is 2.08. The molecule has 0 radical (unpaired) electrons. The molecule has 2 atom stereocenters. The number of likely N-dealkylation sites (N-methyl/N-ethyl adjacent to an activating group) is 1. The lowest BCUT2D eigenvalue weighted by molar-refractivity contribution is 0.222. The van der Waals surface area contributed by atoms with Crippen molar-refractivity contribution < 1.29 is 0 Å². The Morgan fingerprint density at radius 3 is 2.86 bits per heavy atom. The molecule has 4 heteroatoms. The van der Waals surface area contributed by atoms with Crippen molar-refractivity contribution in [3.8, 4) is 0 Å². The van der Waals surface area contributed by atoms with E-state index in [1.54, 1.807) is 0 Å². The van der Waals surface area contributed by atoms with Gasteiger partial charge in [0, 0.05) is 37.9 Å². The summed E-state index contributed by atoms with van der Waals surface area (Å²) in [6.07, 6.45) is 4.95. The van der Waals surface area contributed by atoms with Crippen molar-refractivity contribution in [1.82, 2.24) is 14.5 Å². The van der Waals surface area contributed by atoms with E-state index >= 15 is 0 Å². The summed E-state index contributed by atoms with van der Waals surface area (Å²) in [7, 11) is 4.15. The summed E-state index contributed by atoms with van der Waals surface area (Å²) in [5.74, 6) is 1.55. The Morgan fingerprint density at radius 1 is 1.50 bits per heavy atom. The molecule has 1 fully saturated rings. The molecule has 0 saturated carbocycles. The van der Waals surface area contributed by atoms with Crippen molar-refractivity contribution in [1.29, 1.82) is 0 Å². The number of aromatic nitrogens is 2. The van der Waals surface area contributed by atoms with Crippen LogP contribution in [0.1, 0.15) is 18.2 Å². The molecule has 1 aromatic heterocycles. The maximum atomic E-state index is 6.13. The molecule has 1 aromatic rings. The van der Waals surface area contributed by atoms with E-state index in [1.807, 2.05) is 19.4 Å². The molecule has 14 heavy (non-hydrogen) atoms. The predicted octanol–water partition coefficient (Wildman–Crippen LogP) is 0.167. The second kappa shape index (κ2) is 3.71. The minimum absolute atomic E-state index is 0.217. The Hall–Kier alpha value is -0.870. The van der Waals surface area contributed by atoms with Crippen LogP contribution in [-0.4, -0.2) is 40.6 Å². The van der Waals surface area contributed by atoms with Crippen LogP contribution in [0.2, 0.25) is 0 Å². The number of imidazole rings is 1. The van der Waals surface area contributed by atoms with Crippen LogP contribution >= 0.6 is 0 Å². The SMILES string of the molecule is CN1CCC(c2nccn2C)C(N)C1. The molecule has 78 valence electrons. The first-order valence-corrected chi connectivity index (χ1v) is 5.10. The minimum Gasteiger partial charge on any atom is -0.338 e. The van der Waals surface area contributed by atoms with Crippen LogP contribution in [0.5, 0.6) is 0 Å². The molecule has 2 heterocycles. The van der Waals surface area contributed by atoms with E-state index < -0.39 is 0 Å². The summed E-state index contributed by atoms with van der Waals surface area (Å²) in [4.78, 5) is 6.66. The lowest BCUT2D eigenvalue weighted by Gasteiger charge is -2.34. The average Bonchev–Trinajstić information content (AvgIpc) is 2.52. The van der Waals surface area contributed by atoms with Gasteiger partial charge in [0.2, 0.25) is 0 Å². The van der Waals surface area contributed by atoms with Crippen molar-refractivity contribution in [2.24, 2.45) is 12.8 Å². The number of piperidine rings is 1. The van der Waals surface area contributed by atoms with Gasteiger partial charge in [0.25, 0.3) is 0 Å². The number of hydrogen-bond donors (Lipinski definition) is 1. The average molecular weight is 194 g/mol. The van der Waals surface area contributed by atoms with E-state index in [4.69, 9.17) is 5.73 Å². The first-order valence-electron chi connectivity index (χ1n) is 5.10. The number of nitrogens with zero attached hydrogens (tertiary/aromatic N) is 3. The molecule has 0 amide bonds. The highest BCUT2D eigenvalue weighted by molar-refractivity contribution is 5.06. The molecule has 1 aliphatic heterocycles. The van der Waals surface area contributed by atoms with E-state index in [9.17, 15) is 0 Å². The molecule has 2 N–H and O–H groups in total. The molecule has 1 saturated heterocycles. The van der Waals surface area contributed by atoms with Gasteiger partial charge in [0.05, 0.1) is 0 Å². The second-order valence-corrected chi connectivity index (χ2v) is 4.22. The molecule has 2 rings (SSSR count). The van der Waals surface area contributed by atoms with Crippen LogP contribution in [0.4, 0.5) is 0 Å². The molecule has 0 aromatic carbocycles. The van der Waals surface area contributed by atoms with Gasteiger partial charge < -0.3 is 15.2 Å². The van der Waals surface area contributed by atoms with Crippen LogP contribution in [0.3, 0.4) is 0 Å². The summed E-state index contributed by atoms with van der Waals surface area (Å²) >= 11 is 0. The van der Waals surface area contributed by atoms with Crippen molar-refractivity contribution in [2.45, 2.75) is 18.4 Å². The fourth-order valence-corrected chi connectivity index (χ4v) is 2.21. The number of rotatable bonds is 1. The van der Waals surface area contributed by atoms with Crippen LogP contribution in [0.25, 0.3) is 0 Å². The van der Waals surface area contributed by atoms with Crippen LogP contribution in [-0.2, 0) is 7.05 Å². The molecule has 0 spiro atoms. The zero-order valence-corrected chi connectivity index (χ0v) is 8.85. The zero-order chi connectivity index (χ0) is 10.1. The molecular weight excluding hydrogens is 176 g/mol. The van der Waals surface area contributed by atoms with Crippen molar-refractivity contribution >= 4 is 0 Å². The number of hydrogen-bond acceptors (Lipinski definition) is 3. The molecule has 0 aliphatic carbocycles. The summed E-state index contributed by atoms with van der Waals surface area (Å²) in [6, 6.07) is 0.217. The highest BCUT2D eigenvalue weighted by Crippen LogP contribution is 2.24. The molecular formula is C10H18N4. The van der Waals surface area contributed by atoms with Gasteiger partial charge in [-0.05, 0) is 20.0 Å². The van der Waals surface area contributed by atoms with Crippen molar-refractivity contribution in [3.05, 3.63) is 18.2 Å². The molecule has 4 nitrogen and oxygen atoms in total.